The Balaban J connectivity index is 2.28. The average Bonchev–Trinajstić information content (AvgIpc) is 2.35. The van der Waals surface area contributed by atoms with E-state index in [9.17, 15) is 9.18 Å². The van der Waals surface area contributed by atoms with Crippen LogP contribution in [0.2, 0.25) is 0 Å². The standard InChI is InChI=1S/C16H15FO/c1-11-5-3-4-6-13(11)9-16(18)15-10-14(17)8-7-12(15)2/h3-8,10H,9H2,1-2H3. The number of rotatable bonds is 3. The van der Waals surface area contributed by atoms with Crippen molar-refractivity contribution in [2.75, 3.05) is 0 Å². The highest BCUT2D eigenvalue weighted by atomic mass is 19.1. The largest absolute Gasteiger partial charge is 0.294 e. The van der Waals surface area contributed by atoms with Crippen LogP contribution in [0.1, 0.15) is 27.0 Å². The summed E-state index contributed by atoms with van der Waals surface area (Å²) in [5.41, 5.74) is 3.36. The highest BCUT2D eigenvalue weighted by molar-refractivity contribution is 5.98. The molecule has 0 bridgehead atoms. The van der Waals surface area contributed by atoms with Gasteiger partial charge in [0.1, 0.15) is 5.82 Å². The first-order valence-corrected chi connectivity index (χ1v) is 5.92. The van der Waals surface area contributed by atoms with E-state index in [0.717, 1.165) is 16.7 Å². The van der Waals surface area contributed by atoms with Crippen molar-refractivity contribution >= 4 is 5.78 Å². The van der Waals surface area contributed by atoms with Gasteiger partial charge in [-0.15, -0.1) is 0 Å². The van der Waals surface area contributed by atoms with Gasteiger partial charge in [0.15, 0.2) is 5.78 Å². The van der Waals surface area contributed by atoms with Crippen LogP contribution >= 0.6 is 0 Å². The molecule has 0 amide bonds. The lowest BCUT2D eigenvalue weighted by molar-refractivity contribution is 0.0991. The number of benzene rings is 2. The Bertz CT molecular complexity index is 587. The van der Waals surface area contributed by atoms with Crippen LogP contribution in [-0.2, 0) is 6.42 Å². The van der Waals surface area contributed by atoms with Crippen molar-refractivity contribution in [3.63, 3.8) is 0 Å². The topological polar surface area (TPSA) is 17.1 Å². The number of carbonyl (C=O) groups is 1. The summed E-state index contributed by atoms with van der Waals surface area (Å²) in [4.78, 5) is 12.2. The molecule has 0 N–H and O–H groups in total. The summed E-state index contributed by atoms with van der Waals surface area (Å²) in [5.74, 6) is -0.407. The van der Waals surface area contributed by atoms with Gasteiger partial charge in [-0.1, -0.05) is 30.3 Å². The third kappa shape index (κ3) is 2.65. The van der Waals surface area contributed by atoms with E-state index in [1.807, 2.05) is 38.1 Å². The molecule has 0 fully saturated rings. The molecule has 1 nitrogen and oxygen atoms in total. The van der Waals surface area contributed by atoms with Crippen molar-refractivity contribution in [3.05, 3.63) is 70.5 Å². The van der Waals surface area contributed by atoms with Gasteiger partial charge in [-0.25, -0.2) is 4.39 Å². The molecule has 0 aliphatic carbocycles. The molecule has 2 aromatic rings. The minimum atomic E-state index is -0.367. The first kappa shape index (κ1) is 12.5. The van der Waals surface area contributed by atoms with Crippen LogP contribution in [0, 0.1) is 19.7 Å². The molecule has 0 radical (unpaired) electrons. The van der Waals surface area contributed by atoms with Crippen molar-refractivity contribution in [3.8, 4) is 0 Å². The highest BCUT2D eigenvalue weighted by Crippen LogP contribution is 2.15. The number of Topliss-reactive ketones (excluding diaryl/α,β-unsaturated/α-hetero) is 1. The fourth-order valence-electron chi connectivity index (χ4n) is 1.97. The lowest BCUT2D eigenvalue weighted by Crippen LogP contribution is -2.07. The molecule has 2 aromatic carbocycles. The molecular formula is C16H15FO. The number of aryl methyl sites for hydroxylation is 2. The third-order valence-electron chi connectivity index (χ3n) is 3.11. The summed E-state index contributed by atoms with van der Waals surface area (Å²) in [6.07, 6.45) is 0.316. The Morgan fingerprint density at radius 1 is 1.06 bits per heavy atom. The zero-order valence-corrected chi connectivity index (χ0v) is 10.5. The predicted molar refractivity (Wildman–Crippen MR) is 70.4 cm³/mol. The summed E-state index contributed by atoms with van der Waals surface area (Å²) in [7, 11) is 0. The van der Waals surface area contributed by atoms with E-state index in [4.69, 9.17) is 0 Å². The Kier molecular flexibility index (Phi) is 3.56. The molecule has 18 heavy (non-hydrogen) atoms. The summed E-state index contributed by atoms with van der Waals surface area (Å²) in [6, 6.07) is 12.1. The lowest BCUT2D eigenvalue weighted by atomic mass is 9.97. The summed E-state index contributed by atoms with van der Waals surface area (Å²) in [6.45, 7) is 3.80. The first-order chi connectivity index (χ1) is 8.58. The van der Waals surface area contributed by atoms with Gasteiger partial charge < -0.3 is 0 Å². The number of carbonyl (C=O) groups excluding carboxylic acids is 1. The fraction of sp³-hybridized carbons (Fsp3) is 0.188. The molecule has 0 aromatic heterocycles. The van der Waals surface area contributed by atoms with E-state index in [0.29, 0.717) is 12.0 Å². The number of halogens is 1. The molecule has 0 saturated carbocycles. The third-order valence-corrected chi connectivity index (χ3v) is 3.11. The van der Waals surface area contributed by atoms with E-state index >= 15 is 0 Å². The van der Waals surface area contributed by atoms with Crippen LogP contribution in [-0.4, -0.2) is 5.78 Å². The van der Waals surface area contributed by atoms with E-state index < -0.39 is 0 Å². The number of hydrogen-bond acceptors (Lipinski definition) is 1. The highest BCUT2D eigenvalue weighted by Gasteiger charge is 2.11. The quantitative estimate of drug-likeness (QED) is 0.747. The van der Waals surface area contributed by atoms with Crippen LogP contribution in [0.5, 0.6) is 0 Å². The fourth-order valence-corrected chi connectivity index (χ4v) is 1.97. The van der Waals surface area contributed by atoms with Gasteiger partial charge in [-0.2, -0.15) is 0 Å². The Morgan fingerprint density at radius 2 is 1.78 bits per heavy atom. The van der Waals surface area contributed by atoms with Gasteiger partial charge >= 0.3 is 0 Å². The maximum atomic E-state index is 13.2. The molecule has 0 spiro atoms. The normalized spacial score (nSPS) is 10.4. The second-order valence-corrected chi connectivity index (χ2v) is 4.49. The van der Waals surface area contributed by atoms with E-state index in [1.54, 1.807) is 6.07 Å². The zero-order chi connectivity index (χ0) is 13.1. The minimum Gasteiger partial charge on any atom is -0.294 e. The average molecular weight is 242 g/mol. The molecule has 2 rings (SSSR count). The van der Waals surface area contributed by atoms with Crippen LogP contribution in [0.25, 0.3) is 0 Å². The first-order valence-electron chi connectivity index (χ1n) is 5.92. The van der Waals surface area contributed by atoms with Crippen LogP contribution in [0.15, 0.2) is 42.5 Å². The van der Waals surface area contributed by atoms with Crippen LogP contribution in [0.4, 0.5) is 4.39 Å². The monoisotopic (exact) mass is 242 g/mol. The van der Waals surface area contributed by atoms with Gasteiger partial charge in [-0.05, 0) is 42.7 Å². The zero-order valence-electron chi connectivity index (χ0n) is 10.5. The predicted octanol–water partition coefficient (Wildman–Crippen LogP) is 3.87. The lowest BCUT2D eigenvalue weighted by Gasteiger charge is -2.07. The molecule has 0 heterocycles. The van der Waals surface area contributed by atoms with E-state index in [1.165, 1.54) is 12.1 Å². The SMILES string of the molecule is Cc1ccccc1CC(=O)c1cc(F)ccc1C. The second kappa shape index (κ2) is 5.13. The molecular weight excluding hydrogens is 227 g/mol. The molecule has 0 atom stereocenters. The summed E-state index contributed by atoms with van der Waals surface area (Å²) >= 11 is 0. The van der Waals surface area contributed by atoms with Crippen LogP contribution in [0.3, 0.4) is 0 Å². The van der Waals surface area contributed by atoms with Crippen molar-refractivity contribution in [1.82, 2.24) is 0 Å². The molecule has 0 aliphatic heterocycles. The van der Waals surface area contributed by atoms with Crippen molar-refractivity contribution in [2.45, 2.75) is 20.3 Å². The van der Waals surface area contributed by atoms with Gasteiger partial charge in [0.2, 0.25) is 0 Å². The minimum absolute atomic E-state index is 0.0405. The summed E-state index contributed by atoms with van der Waals surface area (Å²) < 4.78 is 13.2. The summed E-state index contributed by atoms with van der Waals surface area (Å²) in [5, 5.41) is 0. The molecule has 0 unspecified atom stereocenters. The Labute approximate surface area is 106 Å². The molecule has 92 valence electrons. The Hall–Kier alpha value is -1.96. The maximum Gasteiger partial charge on any atom is 0.167 e. The van der Waals surface area contributed by atoms with Crippen molar-refractivity contribution in [1.29, 1.82) is 0 Å². The Morgan fingerprint density at radius 3 is 2.50 bits per heavy atom. The smallest absolute Gasteiger partial charge is 0.167 e. The van der Waals surface area contributed by atoms with Crippen LogP contribution < -0.4 is 0 Å². The second-order valence-electron chi connectivity index (χ2n) is 4.49. The number of ketones is 1. The van der Waals surface area contributed by atoms with Gasteiger partial charge in [0.25, 0.3) is 0 Å². The van der Waals surface area contributed by atoms with Gasteiger partial charge in [0, 0.05) is 12.0 Å². The molecule has 0 saturated heterocycles. The maximum absolute atomic E-state index is 13.2. The van der Waals surface area contributed by atoms with Gasteiger partial charge in [0.05, 0.1) is 0 Å². The van der Waals surface area contributed by atoms with E-state index in [-0.39, 0.29) is 11.6 Å². The van der Waals surface area contributed by atoms with Gasteiger partial charge in [-0.3, -0.25) is 4.79 Å². The molecule has 0 aliphatic rings. The molecule has 2 heteroatoms. The van der Waals surface area contributed by atoms with Crippen molar-refractivity contribution < 1.29 is 9.18 Å². The van der Waals surface area contributed by atoms with Crippen molar-refractivity contribution in [2.24, 2.45) is 0 Å². The number of hydrogen-bond donors (Lipinski definition) is 0. The van der Waals surface area contributed by atoms with E-state index in [2.05, 4.69) is 0 Å².